The number of carboxylic acid groups (broad SMARTS) is 1. The molecule has 0 heterocycles. The monoisotopic (exact) mass is 1180 g/mol. The highest BCUT2D eigenvalue weighted by Gasteiger charge is 2.32. The summed E-state index contributed by atoms with van der Waals surface area (Å²) in [5.41, 5.74) is 0. The van der Waals surface area contributed by atoms with Crippen molar-refractivity contribution in [3.8, 4) is 0 Å². The van der Waals surface area contributed by atoms with Gasteiger partial charge in [-0.25, -0.2) is 0 Å². The van der Waals surface area contributed by atoms with Crippen molar-refractivity contribution in [3.05, 3.63) is 0 Å². The fourth-order valence-corrected chi connectivity index (χ4v) is 6.78. The third kappa shape index (κ3) is 28.7. The molecule has 0 aliphatic rings. The van der Waals surface area contributed by atoms with Crippen molar-refractivity contribution in [2.24, 2.45) is 5.92 Å². The summed E-state index contributed by atoms with van der Waals surface area (Å²) < 4.78 is 0. The fourth-order valence-electron chi connectivity index (χ4n) is 6.78. The summed E-state index contributed by atoms with van der Waals surface area (Å²) >= 11 is 0. The zero-order chi connectivity index (χ0) is 64.3. The van der Waals surface area contributed by atoms with Gasteiger partial charge in [-0.1, -0.05) is 13.8 Å². The largest absolute Gasteiger partial charge is 0.480 e. The highest BCUT2D eigenvalue weighted by molar-refractivity contribution is 5.99. The molecule has 83 heavy (non-hydrogen) atoms. The van der Waals surface area contributed by atoms with E-state index in [9.17, 15) is 76.7 Å². The van der Waals surface area contributed by atoms with Gasteiger partial charge < -0.3 is 84.9 Å². The minimum atomic E-state index is -1.28. The maximum atomic E-state index is 13.2. The lowest BCUT2D eigenvalue weighted by Gasteiger charge is -2.25. The summed E-state index contributed by atoms with van der Waals surface area (Å²) in [5.74, 6) is -12.1. The molecule has 0 spiro atoms. The first-order valence-corrected chi connectivity index (χ1v) is 27.0. The molecule has 0 bridgehead atoms. The predicted molar refractivity (Wildman–Crippen MR) is 296 cm³/mol. The highest BCUT2D eigenvalue weighted by atomic mass is 16.4. The van der Waals surface area contributed by atoms with E-state index >= 15 is 0 Å². The second-order valence-corrected chi connectivity index (χ2v) is 20.7. The van der Waals surface area contributed by atoms with Gasteiger partial charge in [0.05, 0.1) is 0 Å². The van der Waals surface area contributed by atoms with Gasteiger partial charge in [0.2, 0.25) is 88.6 Å². The van der Waals surface area contributed by atoms with Gasteiger partial charge in [0, 0.05) is 19.9 Å². The Balaban J connectivity index is 4.92. The van der Waals surface area contributed by atoms with Crippen LogP contribution in [0, 0.1) is 5.92 Å². The van der Waals surface area contributed by atoms with Crippen molar-refractivity contribution < 1.29 is 81.8 Å². The van der Waals surface area contributed by atoms with Gasteiger partial charge in [0.1, 0.15) is 84.6 Å². The summed E-state index contributed by atoms with van der Waals surface area (Å²) in [6, 6.07) is -16.1. The number of carboxylic acids is 1. The lowest BCUT2D eigenvalue weighted by molar-refractivity contribution is -0.141. The second-order valence-electron chi connectivity index (χ2n) is 20.7. The molecule has 15 amide bonds. The van der Waals surface area contributed by atoms with E-state index in [2.05, 4.69) is 79.8 Å². The number of nitrogens with one attached hydrogen (secondary N) is 15. The van der Waals surface area contributed by atoms with E-state index < -0.39 is 179 Å². The molecule has 0 aromatic heterocycles. The predicted octanol–water partition coefficient (Wildman–Crippen LogP) is -5.92. The number of carbonyl (C=O) groups excluding carboxylic acids is 15. The van der Waals surface area contributed by atoms with Gasteiger partial charge >= 0.3 is 5.97 Å². The molecule has 0 aliphatic carbocycles. The van der Waals surface area contributed by atoms with E-state index in [1.54, 1.807) is 13.8 Å². The number of amides is 15. The number of hydrogen-bond acceptors (Lipinski definition) is 16. The SMILES string of the molecule is CC(=O)N[C@@H](C)C(=O)N[C@@H](C)C(=O)N[C@@H](C)C(=O)N[C@@H](C)C(=O)N[C@@H](C)C(=O)N[C@@H](C)C(=O)N[C@@H](C)C(=O)NCCCC(=O)N[C@@H](C)C(=O)N[C@@H](C)C(=O)N[C@@H](C)C(=O)N[C@@H](CC(C)C)C(=O)N[C@@H](C)C(=O)N[C@@H](C)C(=O)N[C@@H](C)C(=O)O. The average Bonchev–Trinajstić information content (AvgIpc) is 3.38. The van der Waals surface area contributed by atoms with Crippen LogP contribution in [-0.4, -0.2) is 191 Å². The van der Waals surface area contributed by atoms with Crippen molar-refractivity contribution in [2.45, 2.75) is 215 Å². The summed E-state index contributed by atoms with van der Waals surface area (Å²) in [6.07, 6.45) is 0.0766. The molecular weight excluding hydrogens is 1090 g/mol. The second kappa shape index (κ2) is 36.1. The highest BCUT2D eigenvalue weighted by Crippen LogP contribution is 2.07. The average molecular weight is 1180 g/mol. The standard InChI is InChI=1S/C51H87N15O17/c1-21(2)20-36(50(81)64-32(13)47(78)62-31(12)48(79)65-34(15)51(82)83)66-49(80)33(14)63-46(77)27(8)57-40(71)24(5)54-37(68)18-17-19-52-38(69)22(3)55-41(72)25(6)58-43(74)28(9)60-45(76)30(11)61-44(75)29(10)59-42(73)26(7)56-39(70)23(4)53-35(16)67/h21-34,36H,17-20H2,1-16H3,(H,52,69)(H,53,67)(H,54,68)(H,55,72)(H,56,70)(H,57,71)(H,58,74)(H,59,73)(H,60,76)(H,61,75)(H,62,78)(H,63,77)(H,64,81)(H,65,79)(H,66,80)(H,82,83)/t22-,23-,24-,25-,26-,27-,28-,29-,30-,31-,32-,33-,34-,36-/m0/s1. The summed E-state index contributed by atoms with van der Waals surface area (Å²) in [6.45, 7) is 22.1. The minimum Gasteiger partial charge on any atom is -0.480 e. The Morgan fingerprint density at radius 2 is 0.518 bits per heavy atom. The van der Waals surface area contributed by atoms with Crippen LogP contribution in [0.3, 0.4) is 0 Å². The maximum absolute atomic E-state index is 13.2. The van der Waals surface area contributed by atoms with Gasteiger partial charge in [0.25, 0.3) is 0 Å². The molecule has 0 aromatic carbocycles. The van der Waals surface area contributed by atoms with Gasteiger partial charge in [0.15, 0.2) is 0 Å². The summed E-state index contributed by atoms with van der Waals surface area (Å²) in [7, 11) is 0. The number of rotatable bonds is 34. The topological polar surface area (TPSA) is 474 Å². The summed E-state index contributed by atoms with van der Waals surface area (Å²) in [5, 5.41) is 45.3. The number of hydrogen-bond donors (Lipinski definition) is 16. The van der Waals surface area contributed by atoms with Crippen LogP contribution >= 0.6 is 0 Å². The van der Waals surface area contributed by atoms with E-state index in [0.717, 1.165) is 0 Å². The Kier molecular flexibility index (Phi) is 32.4. The molecule has 0 saturated carbocycles. The minimum absolute atomic E-state index is 0.0234. The Labute approximate surface area is 482 Å². The van der Waals surface area contributed by atoms with Gasteiger partial charge in [-0.3, -0.25) is 76.7 Å². The Morgan fingerprint density at radius 1 is 0.289 bits per heavy atom. The van der Waals surface area contributed by atoms with E-state index in [1.807, 2.05) is 0 Å². The number of aliphatic carboxylic acids is 1. The molecule has 0 rings (SSSR count). The quantitative estimate of drug-likeness (QED) is 0.0267. The molecular formula is C51H87N15O17. The first-order chi connectivity index (χ1) is 38.3. The molecule has 32 heteroatoms. The smallest absolute Gasteiger partial charge is 0.325 e. The van der Waals surface area contributed by atoms with Gasteiger partial charge in [-0.2, -0.15) is 0 Å². The summed E-state index contributed by atoms with van der Waals surface area (Å²) in [4.78, 5) is 201. The third-order valence-electron chi connectivity index (χ3n) is 12.1. The van der Waals surface area contributed by atoms with Crippen molar-refractivity contribution in [1.29, 1.82) is 0 Å². The van der Waals surface area contributed by atoms with Crippen LogP contribution in [0.15, 0.2) is 0 Å². The normalized spacial score (nSPS) is 15.9. The van der Waals surface area contributed by atoms with E-state index in [1.165, 1.54) is 96.9 Å². The first-order valence-electron chi connectivity index (χ1n) is 27.0. The van der Waals surface area contributed by atoms with Crippen LogP contribution in [0.5, 0.6) is 0 Å². The fraction of sp³-hybridized carbons (Fsp3) is 0.686. The van der Waals surface area contributed by atoms with Crippen LogP contribution in [0.2, 0.25) is 0 Å². The van der Waals surface area contributed by atoms with Gasteiger partial charge in [-0.15, -0.1) is 0 Å². The molecule has 14 atom stereocenters. The van der Waals surface area contributed by atoms with Crippen LogP contribution in [-0.2, 0) is 76.7 Å². The van der Waals surface area contributed by atoms with E-state index in [4.69, 9.17) is 5.11 Å². The zero-order valence-electron chi connectivity index (χ0n) is 50.0. The molecule has 0 saturated heterocycles. The van der Waals surface area contributed by atoms with Crippen LogP contribution < -0.4 is 79.8 Å². The van der Waals surface area contributed by atoms with Crippen molar-refractivity contribution >= 4 is 94.6 Å². The van der Waals surface area contributed by atoms with Crippen molar-refractivity contribution in [3.63, 3.8) is 0 Å². The molecule has 32 nitrogen and oxygen atoms in total. The maximum Gasteiger partial charge on any atom is 0.325 e. The molecule has 468 valence electrons. The first kappa shape index (κ1) is 74.5. The van der Waals surface area contributed by atoms with Gasteiger partial charge in [-0.05, 0) is 109 Å². The van der Waals surface area contributed by atoms with Crippen LogP contribution in [0.4, 0.5) is 0 Å². The molecule has 0 aliphatic heterocycles. The molecule has 16 N–H and O–H groups in total. The zero-order valence-corrected chi connectivity index (χ0v) is 50.0. The van der Waals surface area contributed by atoms with Crippen LogP contribution in [0.25, 0.3) is 0 Å². The third-order valence-corrected chi connectivity index (χ3v) is 12.1. The molecule has 0 fully saturated rings. The van der Waals surface area contributed by atoms with Crippen LogP contribution in [0.1, 0.15) is 130 Å². The molecule has 0 unspecified atom stereocenters. The van der Waals surface area contributed by atoms with Crippen molar-refractivity contribution in [1.82, 2.24) is 79.8 Å². The Morgan fingerprint density at radius 3 is 0.783 bits per heavy atom. The molecule has 0 aromatic rings. The molecule has 0 radical (unpaired) electrons. The lowest BCUT2D eigenvalue weighted by Crippen LogP contribution is -2.58. The lowest BCUT2D eigenvalue weighted by atomic mass is 10.0. The van der Waals surface area contributed by atoms with E-state index in [-0.39, 0.29) is 31.7 Å². The Bertz CT molecular complexity index is 2390. The Hall–Kier alpha value is -8.48. The van der Waals surface area contributed by atoms with Crippen molar-refractivity contribution in [2.75, 3.05) is 6.54 Å². The number of carbonyl (C=O) groups is 16. The van der Waals surface area contributed by atoms with E-state index in [0.29, 0.717) is 0 Å².